The zero-order valence-corrected chi connectivity index (χ0v) is 13.3. The molecule has 0 aliphatic heterocycles. The highest BCUT2D eigenvalue weighted by Crippen LogP contribution is 2.13. The second-order valence-corrected chi connectivity index (χ2v) is 5.54. The van der Waals surface area contributed by atoms with Crippen LogP contribution >= 0.6 is 0 Å². The number of nitrogens with one attached hydrogen (secondary N) is 1. The van der Waals surface area contributed by atoms with Gasteiger partial charge in [0, 0.05) is 30.4 Å². The number of imidazole rings is 1. The van der Waals surface area contributed by atoms with E-state index >= 15 is 0 Å². The van der Waals surface area contributed by atoms with Crippen LogP contribution in [0, 0.1) is 0 Å². The molecule has 0 spiro atoms. The van der Waals surface area contributed by atoms with Crippen molar-refractivity contribution in [2.45, 2.75) is 6.54 Å². The van der Waals surface area contributed by atoms with E-state index in [2.05, 4.69) is 20.3 Å². The molecule has 4 aromatic rings. The van der Waals surface area contributed by atoms with Gasteiger partial charge in [-0.05, 0) is 12.1 Å². The van der Waals surface area contributed by atoms with E-state index in [9.17, 15) is 4.79 Å². The van der Waals surface area contributed by atoms with Crippen molar-refractivity contribution in [2.24, 2.45) is 0 Å². The first-order chi connectivity index (χ1) is 12.3. The highest BCUT2D eigenvalue weighted by atomic mass is 16.1. The molecule has 0 radical (unpaired) electrons. The fourth-order valence-electron chi connectivity index (χ4n) is 2.53. The van der Waals surface area contributed by atoms with E-state index in [1.54, 1.807) is 0 Å². The molecule has 0 saturated heterocycles. The molecule has 1 amide bonds. The summed E-state index contributed by atoms with van der Waals surface area (Å²) in [5.74, 6) is 0.370. The van der Waals surface area contributed by atoms with E-state index in [1.165, 1.54) is 12.4 Å². The van der Waals surface area contributed by atoms with Crippen LogP contribution < -0.4 is 5.32 Å². The number of carbonyl (C=O) groups is 1. The Balaban J connectivity index is 1.44. The van der Waals surface area contributed by atoms with Gasteiger partial charge in [0.25, 0.3) is 5.91 Å². The summed E-state index contributed by atoms with van der Waals surface area (Å²) in [5.41, 5.74) is 2.98. The topological polar surface area (TPSA) is 72.2 Å². The van der Waals surface area contributed by atoms with Gasteiger partial charge in [-0.2, -0.15) is 0 Å². The standard InChI is InChI=1S/C19H15N5O/c25-19(22-12-16-13-24-9-5-4-8-17(24)23-16)15-10-20-18(21-11-15)14-6-2-1-3-7-14/h1-11,13H,12H2,(H,22,25). The van der Waals surface area contributed by atoms with Crippen molar-refractivity contribution in [1.82, 2.24) is 24.7 Å². The summed E-state index contributed by atoms with van der Waals surface area (Å²) in [4.78, 5) is 25.2. The molecule has 6 heteroatoms. The van der Waals surface area contributed by atoms with Crippen LogP contribution in [0.15, 0.2) is 73.3 Å². The molecule has 3 aromatic heterocycles. The minimum atomic E-state index is -0.225. The third-order valence-electron chi connectivity index (χ3n) is 3.79. The summed E-state index contributed by atoms with van der Waals surface area (Å²) < 4.78 is 1.92. The normalized spacial score (nSPS) is 10.7. The zero-order chi connectivity index (χ0) is 17.1. The van der Waals surface area contributed by atoms with Gasteiger partial charge in [-0.15, -0.1) is 0 Å². The predicted molar refractivity (Wildman–Crippen MR) is 93.8 cm³/mol. The van der Waals surface area contributed by atoms with Crippen LogP contribution in [0.3, 0.4) is 0 Å². The smallest absolute Gasteiger partial charge is 0.254 e. The van der Waals surface area contributed by atoms with Crippen LogP contribution in [-0.2, 0) is 6.54 Å². The summed E-state index contributed by atoms with van der Waals surface area (Å²) >= 11 is 0. The quantitative estimate of drug-likeness (QED) is 0.625. The van der Waals surface area contributed by atoms with Gasteiger partial charge in [-0.3, -0.25) is 4.79 Å². The largest absolute Gasteiger partial charge is 0.346 e. The highest BCUT2D eigenvalue weighted by Gasteiger charge is 2.09. The molecule has 1 aromatic carbocycles. The van der Waals surface area contributed by atoms with Crippen molar-refractivity contribution < 1.29 is 4.79 Å². The second-order valence-electron chi connectivity index (χ2n) is 5.54. The first-order valence-corrected chi connectivity index (χ1v) is 7.88. The number of carbonyl (C=O) groups excluding carboxylic acids is 1. The van der Waals surface area contributed by atoms with Crippen LogP contribution in [0.25, 0.3) is 17.0 Å². The Morgan fingerprint density at radius 3 is 2.52 bits per heavy atom. The van der Waals surface area contributed by atoms with Gasteiger partial charge in [-0.25, -0.2) is 15.0 Å². The van der Waals surface area contributed by atoms with Gasteiger partial charge in [-0.1, -0.05) is 36.4 Å². The van der Waals surface area contributed by atoms with Crippen molar-refractivity contribution in [3.8, 4) is 11.4 Å². The monoisotopic (exact) mass is 329 g/mol. The first kappa shape index (κ1) is 15.0. The van der Waals surface area contributed by atoms with Gasteiger partial charge in [0.05, 0.1) is 17.8 Å². The molecule has 0 atom stereocenters. The lowest BCUT2D eigenvalue weighted by Crippen LogP contribution is -2.23. The molecule has 4 rings (SSSR count). The molecule has 0 aliphatic rings. The lowest BCUT2D eigenvalue weighted by Gasteiger charge is -2.04. The maximum atomic E-state index is 12.3. The van der Waals surface area contributed by atoms with Crippen LogP contribution in [0.1, 0.15) is 16.1 Å². The molecular weight excluding hydrogens is 314 g/mol. The van der Waals surface area contributed by atoms with Crippen LogP contribution in [0.2, 0.25) is 0 Å². The minimum absolute atomic E-state index is 0.225. The molecule has 0 aliphatic carbocycles. The zero-order valence-electron chi connectivity index (χ0n) is 13.3. The average molecular weight is 329 g/mol. The second kappa shape index (κ2) is 6.52. The molecule has 1 N–H and O–H groups in total. The summed E-state index contributed by atoms with van der Waals surface area (Å²) in [6.45, 7) is 0.348. The van der Waals surface area contributed by atoms with Crippen molar-refractivity contribution in [3.63, 3.8) is 0 Å². The summed E-state index contributed by atoms with van der Waals surface area (Å²) in [5, 5.41) is 2.84. The number of hydrogen-bond donors (Lipinski definition) is 1. The third kappa shape index (κ3) is 3.23. The number of nitrogens with zero attached hydrogens (tertiary/aromatic N) is 4. The number of aromatic nitrogens is 4. The highest BCUT2D eigenvalue weighted by molar-refractivity contribution is 5.93. The fraction of sp³-hybridized carbons (Fsp3) is 0.0526. The summed E-state index contributed by atoms with van der Waals surface area (Å²) in [6.07, 6.45) is 6.89. The Morgan fingerprint density at radius 2 is 1.76 bits per heavy atom. The lowest BCUT2D eigenvalue weighted by molar-refractivity contribution is 0.0949. The van der Waals surface area contributed by atoms with Gasteiger partial charge >= 0.3 is 0 Å². The molecule has 122 valence electrons. The Bertz CT molecular complexity index is 976. The molecule has 25 heavy (non-hydrogen) atoms. The number of fused-ring (bicyclic) bond motifs is 1. The molecule has 6 nitrogen and oxygen atoms in total. The summed E-state index contributed by atoms with van der Waals surface area (Å²) in [7, 11) is 0. The number of amides is 1. The van der Waals surface area contributed by atoms with Crippen molar-refractivity contribution in [2.75, 3.05) is 0 Å². The van der Waals surface area contributed by atoms with E-state index in [-0.39, 0.29) is 5.91 Å². The van der Waals surface area contributed by atoms with Gasteiger partial charge < -0.3 is 9.72 Å². The first-order valence-electron chi connectivity index (χ1n) is 7.88. The molecule has 0 saturated carbocycles. The van der Waals surface area contributed by atoms with E-state index in [1.807, 2.05) is 65.3 Å². The van der Waals surface area contributed by atoms with Crippen molar-refractivity contribution in [3.05, 3.63) is 84.6 Å². The SMILES string of the molecule is O=C(NCc1cn2ccccc2n1)c1cnc(-c2ccccc2)nc1. The number of benzene rings is 1. The molecular formula is C19H15N5O. The van der Waals surface area contributed by atoms with E-state index in [0.29, 0.717) is 17.9 Å². The lowest BCUT2D eigenvalue weighted by atomic mass is 10.2. The van der Waals surface area contributed by atoms with E-state index in [0.717, 1.165) is 16.9 Å². The van der Waals surface area contributed by atoms with Crippen molar-refractivity contribution in [1.29, 1.82) is 0 Å². The van der Waals surface area contributed by atoms with Crippen molar-refractivity contribution >= 4 is 11.6 Å². The summed E-state index contributed by atoms with van der Waals surface area (Å²) in [6, 6.07) is 15.4. The maximum absolute atomic E-state index is 12.3. The Labute approximate surface area is 144 Å². The minimum Gasteiger partial charge on any atom is -0.346 e. The number of rotatable bonds is 4. The Morgan fingerprint density at radius 1 is 1.00 bits per heavy atom. The molecule has 0 fully saturated rings. The van der Waals surface area contributed by atoms with Gasteiger partial charge in [0.1, 0.15) is 5.65 Å². The van der Waals surface area contributed by atoms with E-state index in [4.69, 9.17) is 0 Å². The van der Waals surface area contributed by atoms with Gasteiger partial charge in [0.15, 0.2) is 5.82 Å². The Hall–Kier alpha value is -3.54. The van der Waals surface area contributed by atoms with Crippen LogP contribution in [0.4, 0.5) is 0 Å². The third-order valence-corrected chi connectivity index (χ3v) is 3.79. The predicted octanol–water partition coefficient (Wildman–Crippen LogP) is 2.72. The van der Waals surface area contributed by atoms with Gasteiger partial charge in [0.2, 0.25) is 0 Å². The average Bonchev–Trinajstić information content (AvgIpc) is 3.10. The van der Waals surface area contributed by atoms with E-state index < -0.39 is 0 Å². The van der Waals surface area contributed by atoms with Crippen LogP contribution in [0.5, 0.6) is 0 Å². The number of pyridine rings is 1. The van der Waals surface area contributed by atoms with Crippen LogP contribution in [-0.4, -0.2) is 25.3 Å². The Kier molecular flexibility index (Phi) is 3.92. The number of hydrogen-bond acceptors (Lipinski definition) is 4. The molecule has 0 bridgehead atoms. The maximum Gasteiger partial charge on any atom is 0.254 e. The molecule has 3 heterocycles. The molecule has 0 unspecified atom stereocenters. The fourth-order valence-corrected chi connectivity index (χ4v) is 2.53.